The molecule has 4 N–H and O–H groups in total. The predicted octanol–water partition coefficient (Wildman–Crippen LogP) is 1.11. The van der Waals surface area contributed by atoms with Crippen LogP contribution in [-0.4, -0.2) is 32.8 Å². The maximum absolute atomic E-state index is 12.3. The summed E-state index contributed by atoms with van der Waals surface area (Å²) < 4.78 is 22.4. The molecule has 0 bridgehead atoms. The maximum Gasteiger partial charge on any atom is 0.303 e. The molecule has 2 heterocycles. The number of hydrogen-bond donors (Lipinski definition) is 2. The smallest absolute Gasteiger partial charge is 0.303 e. The Kier molecular flexibility index (Phi) is 3.84. The number of amides is 1. The fraction of sp³-hybridized carbons (Fsp3) is 0.333. The van der Waals surface area contributed by atoms with Gasteiger partial charge in [-0.25, -0.2) is 4.21 Å². The van der Waals surface area contributed by atoms with E-state index in [0.29, 0.717) is 30.5 Å². The van der Waals surface area contributed by atoms with Crippen molar-refractivity contribution in [3.8, 4) is 0 Å². The van der Waals surface area contributed by atoms with E-state index in [0.717, 1.165) is 5.70 Å². The molecule has 0 radical (unpaired) electrons. The molecular weight excluding hydrogens is 302 g/mol. The van der Waals surface area contributed by atoms with Crippen molar-refractivity contribution >= 4 is 22.0 Å². The van der Waals surface area contributed by atoms with E-state index < -0.39 is 9.84 Å². The summed E-state index contributed by atoms with van der Waals surface area (Å²) in [5.41, 5.74) is 7.78. The highest BCUT2D eigenvalue weighted by atomic mass is 32.2. The zero-order chi connectivity index (χ0) is 15.7. The molecule has 1 amide bonds. The zero-order valence-corrected chi connectivity index (χ0v) is 12.8. The quantitative estimate of drug-likeness (QED) is 0.797. The maximum atomic E-state index is 12.3. The number of carbonyl (C=O) groups is 1. The number of hydrogen-bond acceptors (Lipinski definition) is 4. The Morgan fingerprint density at radius 1 is 1.45 bits per heavy atom. The van der Waals surface area contributed by atoms with Gasteiger partial charge in [0, 0.05) is 36.5 Å². The van der Waals surface area contributed by atoms with Crippen molar-refractivity contribution in [3.05, 3.63) is 41.1 Å². The van der Waals surface area contributed by atoms with Gasteiger partial charge in [-0.05, 0) is 30.2 Å². The Balaban J connectivity index is 1.91. The molecule has 22 heavy (non-hydrogen) atoms. The van der Waals surface area contributed by atoms with E-state index in [-0.39, 0.29) is 22.6 Å². The van der Waals surface area contributed by atoms with Gasteiger partial charge in [0.15, 0.2) is 0 Å². The minimum absolute atomic E-state index is 0.133. The average Bonchev–Trinajstić information content (AvgIpc) is 2.52. The molecule has 0 aromatic heterocycles. The highest BCUT2D eigenvalue weighted by molar-refractivity contribution is 7.91. The minimum Gasteiger partial charge on any atom is -0.326 e. The first-order valence-corrected chi connectivity index (χ1v) is 8.80. The van der Waals surface area contributed by atoms with Gasteiger partial charge in [-0.3, -0.25) is 9.79 Å². The second-order valence-corrected chi connectivity index (χ2v) is 7.57. The highest BCUT2D eigenvalue weighted by Crippen LogP contribution is 2.31. The third-order valence-corrected chi connectivity index (χ3v) is 5.72. The third kappa shape index (κ3) is 2.82. The van der Waals surface area contributed by atoms with Crippen molar-refractivity contribution in [3.63, 3.8) is 0 Å². The largest absolute Gasteiger partial charge is 0.326 e. The molecule has 6 nitrogen and oxygen atoms in total. The summed E-state index contributed by atoms with van der Waals surface area (Å²) in [6.07, 6.45) is 4.56. The van der Waals surface area contributed by atoms with E-state index in [1.54, 1.807) is 24.4 Å². The Bertz CT molecular complexity index is 781. The monoisotopic (exact) mass is 320 g/mol. The van der Waals surface area contributed by atoms with Crippen LogP contribution in [0.4, 0.5) is 0 Å². The molecule has 0 saturated carbocycles. The molecule has 116 valence electrons. The van der Waals surface area contributed by atoms with Crippen molar-refractivity contribution < 1.29 is 13.2 Å². The summed E-state index contributed by atoms with van der Waals surface area (Å²) in [6.45, 7) is 0.648. The molecule has 3 rings (SSSR count). The fourth-order valence-corrected chi connectivity index (χ4v) is 4.31. The third-order valence-electron chi connectivity index (χ3n) is 3.89. The first-order valence-electron chi connectivity index (χ1n) is 7.11. The lowest BCUT2D eigenvalue weighted by atomic mass is 10.0. The van der Waals surface area contributed by atoms with Gasteiger partial charge in [-0.1, -0.05) is 6.07 Å². The SMILES string of the molecule is N[C@H]1CCS(=O)(=[OH+])c2cc(C(=O)NC3=CC=NCC3)ccc21. The second kappa shape index (κ2) is 5.66. The number of nitrogens with two attached hydrogens (primary N) is 1. The van der Waals surface area contributed by atoms with Crippen LogP contribution in [0.3, 0.4) is 0 Å². The van der Waals surface area contributed by atoms with Crippen LogP contribution < -0.4 is 11.1 Å². The number of allylic oxidation sites excluding steroid dienone is 1. The van der Waals surface area contributed by atoms with Crippen molar-refractivity contribution in [2.24, 2.45) is 10.7 Å². The lowest BCUT2D eigenvalue weighted by molar-refractivity contribution is 0.0964. The molecule has 0 aliphatic carbocycles. The Morgan fingerprint density at radius 2 is 2.27 bits per heavy atom. The van der Waals surface area contributed by atoms with Gasteiger partial charge in [0.2, 0.25) is 0 Å². The van der Waals surface area contributed by atoms with E-state index in [1.807, 2.05) is 0 Å². The van der Waals surface area contributed by atoms with Crippen molar-refractivity contribution in [1.29, 1.82) is 0 Å². The molecule has 2 atom stereocenters. The molecular formula is C15H18N3O3S+. The van der Waals surface area contributed by atoms with Gasteiger partial charge in [0.1, 0.15) is 10.6 Å². The predicted molar refractivity (Wildman–Crippen MR) is 84.7 cm³/mol. The van der Waals surface area contributed by atoms with Crippen molar-refractivity contribution in [2.45, 2.75) is 23.8 Å². The highest BCUT2D eigenvalue weighted by Gasteiger charge is 2.33. The average molecular weight is 320 g/mol. The number of benzene rings is 1. The lowest BCUT2D eigenvalue weighted by Gasteiger charge is -2.20. The number of nitrogens with zero attached hydrogens (tertiary/aromatic N) is 1. The van der Waals surface area contributed by atoms with Crippen LogP contribution in [0.5, 0.6) is 0 Å². The van der Waals surface area contributed by atoms with Crippen LogP contribution >= 0.6 is 0 Å². The Morgan fingerprint density at radius 3 is 3.00 bits per heavy atom. The Hall–Kier alpha value is -1.99. The minimum atomic E-state index is -3.11. The normalized spacial score (nSPS) is 27.0. The van der Waals surface area contributed by atoms with Crippen LogP contribution in [0, 0.1) is 0 Å². The van der Waals surface area contributed by atoms with Crippen molar-refractivity contribution in [1.82, 2.24) is 5.32 Å². The standard InChI is InChI=1S/C15H17N3O3S/c16-13-5-8-22(20,21)14-9-10(1-2-12(13)14)15(19)18-11-3-6-17-7-4-11/h1-3,6,9,13H,4-5,7-8,16H2,(H,18,19)/p+1/t13-/m0/s1. The summed E-state index contributed by atoms with van der Waals surface area (Å²) in [5, 5.41) is 2.81. The topological polar surface area (TPSA) is 106 Å². The molecule has 0 spiro atoms. The van der Waals surface area contributed by atoms with Crippen molar-refractivity contribution in [2.75, 3.05) is 12.3 Å². The second-order valence-electron chi connectivity index (χ2n) is 5.44. The summed E-state index contributed by atoms with van der Waals surface area (Å²) >= 11 is 0. The van der Waals surface area contributed by atoms with Gasteiger partial charge < -0.3 is 11.1 Å². The van der Waals surface area contributed by atoms with E-state index in [4.69, 9.17) is 5.73 Å². The number of rotatable bonds is 2. The molecule has 0 saturated heterocycles. The Labute approximate surface area is 129 Å². The van der Waals surface area contributed by atoms with E-state index in [2.05, 4.69) is 10.3 Å². The van der Waals surface area contributed by atoms with Crippen LogP contribution in [-0.2, 0) is 9.84 Å². The summed E-state index contributed by atoms with van der Waals surface area (Å²) in [5.74, 6) is -0.160. The van der Waals surface area contributed by atoms with E-state index in [9.17, 15) is 13.2 Å². The first kappa shape index (κ1) is 14.9. The summed E-state index contributed by atoms with van der Waals surface area (Å²) in [4.78, 5) is 16.6. The number of aliphatic imine (C=N–C) groups is 1. The zero-order valence-electron chi connectivity index (χ0n) is 12.0. The lowest BCUT2D eigenvalue weighted by Crippen LogP contribution is -2.27. The number of fused-ring (bicyclic) bond motifs is 1. The fourth-order valence-electron chi connectivity index (χ4n) is 2.62. The van der Waals surface area contributed by atoms with Gasteiger partial charge in [0.05, 0.1) is 0 Å². The number of carbonyl (C=O) groups excluding carboxylic acids is 1. The van der Waals surface area contributed by atoms with Gasteiger partial charge >= 0.3 is 9.84 Å². The molecule has 7 heteroatoms. The van der Waals surface area contributed by atoms with Crippen LogP contribution in [0.15, 0.2) is 39.9 Å². The van der Waals surface area contributed by atoms with Gasteiger partial charge in [0.25, 0.3) is 5.91 Å². The molecule has 1 aromatic carbocycles. The molecule has 1 unspecified atom stereocenters. The summed E-state index contributed by atoms with van der Waals surface area (Å²) in [7, 11) is -3.11. The van der Waals surface area contributed by atoms with E-state index in [1.165, 1.54) is 6.07 Å². The summed E-state index contributed by atoms with van der Waals surface area (Å²) in [6, 6.07) is 4.56. The molecule has 0 fully saturated rings. The van der Waals surface area contributed by atoms with Crippen LogP contribution in [0.2, 0.25) is 0 Å². The molecule has 1 aromatic rings. The molecule has 2 aliphatic rings. The number of dihydropyridines is 1. The number of nitrogens with one attached hydrogen (secondary N) is 1. The van der Waals surface area contributed by atoms with Crippen LogP contribution in [0.25, 0.3) is 0 Å². The van der Waals surface area contributed by atoms with Crippen LogP contribution in [0.1, 0.15) is 34.8 Å². The molecule has 2 aliphatic heterocycles. The van der Waals surface area contributed by atoms with Gasteiger partial charge in [-0.2, -0.15) is 4.21 Å². The first-order chi connectivity index (χ1) is 10.5. The van der Waals surface area contributed by atoms with Gasteiger partial charge in [-0.15, -0.1) is 0 Å². The van der Waals surface area contributed by atoms with E-state index >= 15 is 0 Å².